The first-order chi connectivity index (χ1) is 9.49. The van der Waals surface area contributed by atoms with Crippen molar-refractivity contribution in [1.82, 2.24) is 4.98 Å². The lowest BCUT2D eigenvalue weighted by atomic mass is 10.1. The summed E-state index contributed by atoms with van der Waals surface area (Å²) in [6.07, 6.45) is 0.728. The molecule has 0 aliphatic rings. The van der Waals surface area contributed by atoms with E-state index >= 15 is 0 Å². The normalized spacial score (nSPS) is 10.6. The second kappa shape index (κ2) is 6.18. The molecule has 0 spiro atoms. The van der Waals surface area contributed by atoms with Crippen LogP contribution in [0.3, 0.4) is 0 Å². The Balaban J connectivity index is 1.98. The largest absolute Gasteiger partial charge is 0.493 e. The molecule has 0 saturated heterocycles. The summed E-state index contributed by atoms with van der Waals surface area (Å²) in [5, 5.41) is 0.956. The number of nitrogens with zero attached hydrogens (tertiary/aromatic N) is 1. The van der Waals surface area contributed by atoms with Crippen molar-refractivity contribution in [3.63, 3.8) is 0 Å². The number of carbonyl (C=O) groups excluding carboxylic acids is 1. The third-order valence-corrected chi connectivity index (χ3v) is 4.61. The summed E-state index contributed by atoms with van der Waals surface area (Å²) < 4.78 is 5.81. The molecule has 0 radical (unpaired) electrons. The molecule has 3 nitrogen and oxygen atoms in total. The summed E-state index contributed by atoms with van der Waals surface area (Å²) in [6, 6.07) is 6.06. The molecule has 1 aromatic carbocycles. The monoisotopic (exact) mass is 289 g/mol. The van der Waals surface area contributed by atoms with Gasteiger partial charge in [0.25, 0.3) is 0 Å². The van der Waals surface area contributed by atoms with Crippen LogP contribution in [0.1, 0.15) is 38.4 Å². The third-order valence-electron chi connectivity index (χ3n) is 3.29. The van der Waals surface area contributed by atoms with Gasteiger partial charge in [-0.25, -0.2) is 4.98 Å². The third kappa shape index (κ3) is 3.25. The number of rotatable bonds is 5. The Morgan fingerprint density at radius 3 is 2.70 bits per heavy atom. The van der Waals surface area contributed by atoms with Gasteiger partial charge in [0.05, 0.1) is 22.2 Å². The van der Waals surface area contributed by atoms with E-state index in [-0.39, 0.29) is 5.78 Å². The molecule has 0 N–H and O–H groups in total. The molecule has 2 aromatic rings. The Kier molecular flexibility index (Phi) is 4.55. The van der Waals surface area contributed by atoms with Gasteiger partial charge in [-0.3, -0.25) is 4.79 Å². The lowest BCUT2D eigenvalue weighted by Gasteiger charge is -2.09. The van der Waals surface area contributed by atoms with Gasteiger partial charge in [0.1, 0.15) is 5.75 Å². The molecule has 1 heterocycles. The van der Waals surface area contributed by atoms with Crippen LogP contribution in [0.2, 0.25) is 0 Å². The lowest BCUT2D eigenvalue weighted by Crippen LogP contribution is -2.02. The molecule has 0 aliphatic heterocycles. The minimum Gasteiger partial charge on any atom is -0.493 e. The highest BCUT2D eigenvalue weighted by Crippen LogP contribution is 2.22. The summed E-state index contributed by atoms with van der Waals surface area (Å²) in [5.41, 5.74) is 3.22. The highest BCUT2D eigenvalue weighted by atomic mass is 32.1. The molecule has 0 atom stereocenters. The average molecular weight is 289 g/mol. The van der Waals surface area contributed by atoms with Gasteiger partial charge in [0.15, 0.2) is 5.78 Å². The number of benzene rings is 1. The van der Waals surface area contributed by atoms with Crippen molar-refractivity contribution in [3.05, 3.63) is 44.9 Å². The lowest BCUT2D eigenvalue weighted by molar-refractivity contribution is 0.102. The number of ether oxygens (including phenoxy) is 1. The van der Waals surface area contributed by atoms with Crippen LogP contribution in [0.5, 0.6) is 5.75 Å². The Labute approximate surface area is 123 Å². The highest BCUT2D eigenvalue weighted by Gasteiger charge is 2.11. The second-order valence-corrected chi connectivity index (χ2v) is 5.96. The van der Waals surface area contributed by atoms with Gasteiger partial charge >= 0.3 is 0 Å². The van der Waals surface area contributed by atoms with Crippen LogP contribution in [0.4, 0.5) is 0 Å². The van der Waals surface area contributed by atoms with E-state index in [2.05, 4.69) is 24.9 Å². The maximum atomic E-state index is 11.4. The number of carbonyl (C=O) groups is 1. The number of hydrogen-bond acceptors (Lipinski definition) is 4. The standard InChI is InChI=1S/C16H19NO2S/c1-10-6-5-7-14(11(10)2)19-9-8-15-17-12(3)16(20-15)13(4)18/h5-7H,8-9H2,1-4H3. The number of aryl methyl sites for hydroxylation is 2. The predicted molar refractivity (Wildman–Crippen MR) is 82.0 cm³/mol. The van der Waals surface area contributed by atoms with Crippen molar-refractivity contribution in [3.8, 4) is 5.75 Å². The number of Topliss-reactive ketones (excluding diaryl/α,β-unsaturated/α-hetero) is 1. The first kappa shape index (κ1) is 14.7. The van der Waals surface area contributed by atoms with Crippen LogP contribution < -0.4 is 4.74 Å². The molecule has 2 rings (SSSR count). The van der Waals surface area contributed by atoms with Gasteiger partial charge in [0, 0.05) is 13.3 Å². The van der Waals surface area contributed by atoms with Gasteiger partial charge < -0.3 is 4.74 Å². The molecule has 0 saturated carbocycles. The minimum absolute atomic E-state index is 0.0849. The molecule has 0 aliphatic carbocycles. The van der Waals surface area contributed by atoms with E-state index in [1.165, 1.54) is 22.5 Å². The number of aromatic nitrogens is 1. The van der Waals surface area contributed by atoms with Crippen LogP contribution in [0.25, 0.3) is 0 Å². The van der Waals surface area contributed by atoms with Crippen molar-refractivity contribution >= 4 is 17.1 Å². The van der Waals surface area contributed by atoms with E-state index in [1.807, 2.05) is 19.1 Å². The summed E-state index contributed by atoms with van der Waals surface area (Å²) in [5.74, 6) is 1.01. The Bertz CT molecular complexity index is 631. The Hall–Kier alpha value is -1.68. The second-order valence-electron chi connectivity index (χ2n) is 4.87. The zero-order valence-electron chi connectivity index (χ0n) is 12.3. The number of thiazole rings is 1. The SMILES string of the molecule is CC(=O)c1sc(CCOc2cccc(C)c2C)nc1C. The fourth-order valence-electron chi connectivity index (χ4n) is 2.01. The highest BCUT2D eigenvalue weighted by molar-refractivity contribution is 7.13. The van der Waals surface area contributed by atoms with E-state index in [4.69, 9.17) is 4.74 Å². The van der Waals surface area contributed by atoms with Crippen LogP contribution in [0, 0.1) is 20.8 Å². The van der Waals surface area contributed by atoms with E-state index in [0.29, 0.717) is 6.61 Å². The number of hydrogen-bond donors (Lipinski definition) is 0. The van der Waals surface area contributed by atoms with E-state index in [9.17, 15) is 4.79 Å². The molecular weight excluding hydrogens is 270 g/mol. The molecular formula is C16H19NO2S. The maximum absolute atomic E-state index is 11.4. The van der Waals surface area contributed by atoms with Gasteiger partial charge in [-0.1, -0.05) is 12.1 Å². The molecule has 0 bridgehead atoms. The quantitative estimate of drug-likeness (QED) is 0.784. The van der Waals surface area contributed by atoms with Crippen molar-refractivity contribution < 1.29 is 9.53 Å². The fraction of sp³-hybridized carbons (Fsp3) is 0.375. The zero-order chi connectivity index (χ0) is 14.7. The van der Waals surface area contributed by atoms with E-state index in [1.54, 1.807) is 6.92 Å². The van der Waals surface area contributed by atoms with Crippen LogP contribution >= 0.6 is 11.3 Å². The number of ketones is 1. The molecule has 0 unspecified atom stereocenters. The van der Waals surface area contributed by atoms with Gasteiger partial charge in [-0.2, -0.15) is 0 Å². The molecule has 4 heteroatoms. The van der Waals surface area contributed by atoms with Gasteiger partial charge in [-0.05, 0) is 38.0 Å². The van der Waals surface area contributed by atoms with Crippen LogP contribution in [0.15, 0.2) is 18.2 Å². The van der Waals surface area contributed by atoms with Crippen molar-refractivity contribution in [2.24, 2.45) is 0 Å². The van der Waals surface area contributed by atoms with Crippen molar-refractivity contribution in [2.75, 3.05) is 6.61 Å². The van der Waals surface area contributed by atoms with E-state index in [0.717, 1.165) is 27.7 Å². The maximum Gasteiger partial charge on any atom is 0.171 e. The smallest absolute Gasteiger partial charge is 0.171 e. The predicted octanol–water partition coefficient (Wildman–Crippen LogP) is 3.89. The van der Waals surface area contributed by atoms with Crippen LogP contribution in [-0.2, 0) is 6.42 Å². The van der Waals surface area contributed by atoms with Crippen molar-refractivity contribution in [2.45, 2.75) is 34.1 Å². The topological polar surface area (TPSA) is 39.2 Å². The first-order valence-corrected chi connectivity index (χ1v) is 7.47. The van der Waals surface area contributed by atoms with Crippen LogP contribution in [-0.4, -0.2) is 17.4 Å². The zero-order valence-corrected chi connectivity index (χ0v) is 13.1. The summed E-state index contributed by atoms with van der Waals surface area (Å²) >= 11 is 1.47. The fourth-order valence-corrected chi connectivity index (χ4v) is 2.96. The Morgan fingerprint density at radius 2 is 2.05 bits per heavy atom. The summed E-state index contributed by atoms with van der Waals surface area (Å²) in [6.45, 7) is 8.17. The van der Waals surface area contributed by atoms with Gasteiger partial charge in [0.2, 0.25) is 0 Å². The first-order valence-electron chi connectivity index (χ1n) is 6.65. The van der Waals surface area contributed by atoms with E-state index < -0.39 is 0 Å². The molecule has 1 aromatic heterocycles. The molecule has 0 fully saturated rings. The van der Waals surface area contributed by atoms with Crippen molar-refractivity contribution in [1.29, 1.82) is 0 Å². The van der Waals surface area contributed by atoms with Gasteiger partial charge in [-0.15, -0.1) is 11.3 Å². The summed E-state index contributed by atoms with van der Waals surface area (Å²) in [7, 11) is 0. The molecule has 106 valence electrons. The summed E-state index contributed by atoms with van der Waals surface area (Å²) in [4.78, 5) is 16.6. The average Bonchev–Trinajstić information content (AvgIpc) is 2.76. The molecule has 20 heavy (non-hydrogen) atoms. The molecule has 0 amide bonds. The minimum atomic E-state index is 0.0849. The Morgan fingerprint density at radius 1 is 1.30 bits per heavy atom.